The molecule has 0 aromatic carbocycles. The Morgan fingerprint density at radius 1 is 1.67 bits per heavy atom. The molecule has 2 N–H and O–H groups in total. The van der Waals surface area contributed by atoms with Gasteiger partial charge in [-0.3, -0.25) is 4.68 Å². The van der Waals surface area contributed by atoms with Crippen LogP contribution < -0.4 is 10.5 Å². The van der Waals surface area contributed by atoms with Crippen LogP contribution >= 0.6 is 23.1 Å². The summed E-state index contributed by atoms with van der Waals surface area (Å²) in [4.78, 5) is 0. The first kappa shape index (κ1) is 10.3. The quantitative estimate of drug-likeness (QED) is 0.891. The van der Waals surface area contributed by atoms with Crippen LogP contribution in [-0.4, -0.2) is 21.3 Å². The van der Waals surface area contributed by atoms with Crippen LogP contribution in [0.5, 0.6) is 5.88 Å². The fourth-order valence-corrected chi connectivity index (χ4v) is 1.98. The Balaban J connectivity index is 2.21. The van der Waals surface area contributed by atoms with Crippen molar-refractivity contribution in [3.05, 3.63) is 22.2 Å². The normalized spacial score (nSPS) is 10.5. The molecule has 0 bridgehead atoms. The number of methoxy groups -OCH3 is 1. The highest BCUT2D eigenvalue weighted by Crippen LogP contribution is 2.21. The predicted octanol–water partition coefficient (Wildman–Crippen LogP) is 1.63. The molecule has 2 aromatic rings. The van der Waals surface area contributed by atoms with E-state index in [1.165, 1.54) is 11.5 Å². The van der Waals surface area contributed by atoms with Crippen molar-refractivity contribution in [2.24, 2.45) is 0 Å². The monoisotopic (exact) mass is 244 g/mol. The minimum atomic E-state index is 0.332. The van der Waals surface area contributed by atoms with Crippen LogP contribution in [0.3, 0.4) is 0 Å². The highest BCUT2D eigenvalue weighted by molar-refractivity contribution is 7.03. The van der Waals surface area contributed by atoms with Gasteiger partial charge in [0.2, 0.25) is 5.88 Å². The van der Waals surface area contributed by atoms with Crippen molar-refractivity contribution in [1.82, 2.24) is 14.2 Å². The van der Waals surface area contributed by atoms with Crippen LogP contribution in [0.25, 0.3) is 0 Å². The Morgan fingerprint density at radius 3 is 3.07 bits per heavy atom. The van der Waals surface area contributed by atoms with E-state index in [0.29, 0.717) is 23.3 Å². The van der Waals surface area contributed by atoms with Gasteiger partial charge in [-0.25, -0.2) is 0 Å². The summed E-state index contributed by atoms with van der Waals surface area (Å²) in [5.74, 6) is 0.948. The molecule has 7 heteroatoms. The minimum Gasteiger partial charge on any atom is -0.480 e. The lowest BCUT2D eigenvalue weighted by Crippen LogP contribution is -2.01. The van der Waals surface area contributed by atoms with Gasteiger partial charge in [0.05, 0.1) is 13.7 Å². The first-order valence-electron chi connectivity index (χ1n) is 4.16. The lowest BCUT2D eigenvalue weighted by molar-refractivity contribution is 0.395. The van der Waals surface area contributed by atoms with Crippen molar-refractivity contribution in [2.45, 2.75) is 6.54 Å². The van der Waals surface area contributed by atoms with Crippen molar-refractivity contribution in [3.63, 3.8) is 0 Å². The van der Waals surface area contributed by atoms with E-state index in [1.54, 1.807) is 18.0 Å². The second-order valence-electron chi connectivity index (χ2n) is 2.91. The third-order valence-corrected chi connectivity index (χ3v) is 2.83. The Hall–Kier alpha value is -1.27. The number of halogens is 1. The standard InChI is InChI=1S/C8H9ClN4OS/c1-14-8-5(4-15-12-8)2-13-3-6(9)7(10)11-13/h3-4H,2H2,1H3,(H2,10,11). The molecule has 0 unspecified atom stereocenters. The second-order valence-corrected chi connectivity index (χ2v) is 3.95. The van der Waals surface area contributed by atoms with E-state index >= 15 is 0 Å². The molecule has 0 aliphatic heterocycles. The summed E-state index contributed by atoms with van der Waals surface area (Å²) in [5.41, 5.74) is 6.49. The molecule has 0 fully saturated rings. The third-order valence-electron chi connectivity index (χ3n) is 1.87. The Labute approximate surface area is 95.6 Å². The molecule has 0 radical (unpaired) electrons. The number of nitrogens with zero attached hydrogens (tertiary/aromatic N) is 3. The summed E-state index contributed by atoms with van der Waals surface area (Å²) in [7, 11) is 1.59. The highest BCUT2D eigenvalue weighted by Gasteiger charge is 2.09. The van der Waals surface area contributed by atoms with Crippen LogP contribution in [0.4, 0.5) is 5.82 Å². The van der Waals surface area contributed by atoms with E-state index in [-0.39, 0.29) is 0 Å². The molecule has 2 heterocycles. The molecule has 0 aliphatic carbocycles. The average molecular weight is 245 g/mol. The number of hydrogen-bond donors (Lipinski definition) is 1. The minimum absolute atomic E-state index is 0.332. The van der Waals surface area contributed by atoms with Gasteiger partial charge in [0.15, 0.2) is 5.82 Å². The fraction of sp³-hybridized carbons (Fsp3) is 0.250. The Bertz CT molecular complexity index is 447. The molecular formula is C8H9ClN4OS. The zero-order chi connectivity index (χ0) is 10.8. The summed E-state index contributed by atoms with van der Waals surface area (Å²) < 4.78 is 10.8. The van der Waals surface area contributed by atoms with E-state index < -0.39 is 0 Å². The molecule has 0 atom stereocenters. The van der Waals surface area contributed by atoms with Crippen LogP contribution in [0.15, 0.2) is 11.6 Å². The zero-order valence-electron chi connectivity index (χ0n) is 7.98. The molecule has 0 saturated carbocycles. The summed E-state index contributed by atoms with van der Waals surface area (Å²) in [6.45, 7) is 0.552. The van der Waals surface area contributed by atoms with Gasteiger partial charge in [-0.05, 0) is 11.5 Å². The van der Waals surface area contributed by atoms with Gasteiger partial charge in [0.1, 0.15) is 5.02 Å². The van der Waals surface area contributed by atoms with E-state index in [2.05, 4.69) is 9.47 Å². The van der Waals surface area contributed by atoms with Crippen molar-refractivity contribution >= 4 is 29.0 Å². The van der Waals surface area contributed by atoms with Gasteiger partial charge in [0.25, 0.3) is 0 Å². The average Bonchev–Trinajstić information content (AvgIpc) is 2.75. The fourth-order valence-electron chi connectivity index (χ4n) is 1.19. The summed E-state index contributed by atoms with van der Waals surface area (Å²) in [6.07, 6.45) is 1.67. The number of nitrogen functional groups attached to an aromatic ring is 1. The Morgan fingerprint density at radius 2 is 2.47 bits per heavy atom. The predicted molar refractivity (Wildman–Crippen MR) is 59.4 cm³/mol. The van der Waals surface area contributed by atoms with Crippen molar-refractivity contribution in [2.75, 3.05) is 12.8 Å². The Kier molecular flexibility index (Phi) is 2.79. The molecule has 2 rings (SSSR count). The van der Waals surface area contributed by atoms with Gasteiger partial charge in [-0.1, -0.05) is 11.6 Å². The SMILES string of the molecule is COc1nscc1Cn1cc(Cl)c(N)n1. The summed E-state index contributed by atoms with van der Waals surface area (Å²) in [6, 6.07) is 0. The molecule has 0 amide bonds. The van der Waals surface area contributed by atoms with E-state index in [1.807, 2.05) is 5.38 Å². The van der Waals surface area contributed by atoms with E-state index in [9.17, 15) is 0 Å². The van der Waals surface area contributed by atoms with Gasteiger partial charge >= 0.3 is 0 Å². The smallest absolute Gasteiger partial charge is 0.230 e. The number of aromatic nitrogens is 3. The van der Waals surface area contributed by atoms with Gasteiger partial charge in [-0.2, -0.15) is 9.47 Å². The number of rotatable bonds is 3. The maximum absolute atomic E-state index is 5.79. The topological polar surface area (TPSA) is 66.0 Å². The number of ether oxygens (including phenoxy) is 1. The van der Waals surface area contributed by atoms with Crippen LogP contribution in [0, 0.1) is 0 Å². The van der Waals surface area contributed by atoms with Gasteiger partial charge in [0, 0.05) is 17.1 Å². The molecule has 0 aliphatic rings. The number of anilines is 1. The van der Waals surface area contributed by atoms with E-state index in [4.69, 9.17) is 22.1 Å². The summed E-state index contributed by atoms with van der Waals surface area (Å²) >= 11 is 7.13. The molecule has 5 nitrogen and oxygen atoms in total. The number of nitrogens with two attached hydrogens (primary N) is 1. The molecule has 0 saturated heterocycles. The van der Waals surface area contributed by atoms with Gasteiger partial charge < -0.3 is 10.5 Å². The van der Waals surface area contributed by atoms with E-state index in [0.717, 1.165) is 5.56 Å². The maximum Gasteiger partial charge on any atom is 0.230 e. The summed E-state index contributed by atoms with van der Waals surface area (Å²) in [5, 5.41) is 6.41. The number of hydrogen-bond acceptors (Lipinski definition) is 5. The molecule has 80 valence electrons. The lowest BCUT2D eigenvalue weighted by atomic mass is 10.3. The van der Waals surface area contributed by atoms with Crippen molar-refractivity contribution in [1.29, 1.82) is 0 Å². The van der Waals surface area contributed by atoms with Crippen molar-refractivity contribution < 1.29 is 4.74 Å². The van der Waals surface area contributed by atoms with Crippen LogP contribution in [0.2, 0.25) is 5.02 Å². The van der Waals surface area contributed by atoms with Crippen LogP contribution in [-0.2, 0) is 6.54 Å². The zero-order valence-corrected chi connectivity index (χ0v) is 9.55. The maximum atomic E-state index is 5.79. The third kappa shape index (κ3) is 2.05. The first-order chi connectivity index (χ1) is 7.20. The van der Waals surface area contributed by atoms with Crippen molar-refractivity contribution in [3.8, 4) is 5.88 Å². The van der Waals surface area contributed by atoms with Crippen LogP contribution in [0.1, 0.15) is 5.56 Å². The lowest BCUT2D eigenvalue weighted by Gasteiger charge is -2.00. The molecular weight excluding hydrogens is 236 g/mol. The highest BCUT2D eigenvalue weighted by atomic mass is 35.5. The first-order valence-corrected chi connectivity index (χ1v) is 5.38. The molecule has 15 heavy (non-hydrogen) atoms. The molecule has 0 spiro atoms. The van der Waals surface area contributed by atoms with Gasteiger partial charge in [-0.15, -0.1) is 0 Å². The second kappa shape index (κ2) is 4.08. The molecule has 2 aromatic heterocycles. The largest absolute Gasteiger partial charge is 0.480 e.